The molecule has 0 bridgehead atoms. The third kappa shape index (κ3) is 3.16. The van der Waals surface area contributed by atoms with Crippen LogP contribution in [0.25, 0.3) is 0 Å². The van der Waals surface area contributed by atoms with Gasteiger partial charge in [0, 0.05) is 17.3 Å². The Kier molecular flexibility index (Phi) is 4.06. The SMILES string of the molecule is O=C(CCc1ccc2c(c1)CCO2)c1cc(Br)ccc1F. The van der Waals surface area contributed by atoms with Gasteiger partial charge in [0.15, 0.2) is 5.78 Å². The van der Waals surface area contributed by atoms with Crippen LogP contribution in [-0.4, -0.2) is 12.4 Å². The molecule has 0 saturated carbocycles. The average Bonchev–Trinajstić information content (AvgIpc) is 2.94. The van der Waals surface area contributed by atoms with Gasteiger partial charge in [-0.05, 0) is 41.8 Å². The van der Waals surface area contributed by atoms with E-state index in [4.69, 9.17) is 4.74 Å². The highest BCUT2D eigenvalue weighted by Crippen LogP contribution is 2.26. The number of hydrogen-bond donors (Lipinski definition) is 0. The number of carbonyl (C=O) groups is 1. The van der Waals surface area contributed by atoms with Gasteiger partial charge in [-0.2, -0.15) is 0 Å². The number of benzene rings is 2. The van der Waals surface area contributed by atoms with Crippen LogP contribution in [0.15, 0.2) is 40.9 Å². The summed E-state index contributed by atoms with van der Waals surface area (Å²) in [4.78, 5) is 12.1. The number of rotatable bonds is 4. The molecule has 1 aliphatic heterocycles. The van der Waals surface area contributed by atoms with E-state index >= 15 is 0 Å². The van der Waals surface area contributed by atoms with Crippen LogP contribution in [0.4, 0.5) is 4.39 Å². The van der Waals surface area contributed by atoms with Crippen LogP contribution >= 0.6 is 15.9 Å². The van der Waals surface area contributed by atoms with E-state index in [2.05, 4.69) is 22.0 Å². The van der Waals surface area contributed by atoms with E-state index in [-0.39, 0.29) is 11.3 Å². The highest BCUT2D eigenvalue weighted by molar-refractivity contribution is 9.10. The fourth-order valence-corrected chi connectivity index (χ4v) is 2.86. The topological polar surface area (TPSA) is 26.3 Å². The Balaban J connectivity index is 1.70. The van der Waals surface area contributed by atoms with Gasteiger partial charge in [0.1, 0.15) is 11.6 Å². The van der Waals surface area contributed by atoms with Crippen molar-refractivity contribution in [2.75, 3.05) is 6.61 Å². The normalized spacial score (nSPS) is 12.9. The third-order valence-corrected chi connectivity index (χ3v) is 4.12. The Bertz CT molecular complexity index is 697. The van der Waals surface area contributed by atoms with Crippen LogP contribution < -0.4 is 4.74 Å². The highest BCUT2D eigenvalue weighted by Gasteiger charge is 2.14. The summed E-state index contributed by atoms with van der Waals surface area (Å²) in [6, 6.07) is 10.4. The van der Waals surface area contributed by atoms with Crippen LogP contribution in [0.3, 0.4) is 0 Å². The van der Waals surface area contributed by atoms with Gasteiger partial charge >= 0.3 is 0 Å². The van der Waals surface area contributed by atoms with Crippen molar-refractivity contribution in [3.05, 3.63) is 63.4 Å². The minimum Gasteiger partial charge on any atom is -0.493 e. The van der Waals surface area contributed by atoms with Gasteiger partial charge in [0.25, 0.3) is 0 Å². The monoisotopic (exact) mass is 348 g/mol. The van der Waals surface area contributed by atoms with Crippen molar-refractivity contribution in [1.82, 2.24) is 0 Å². The maximum atomic E-state index is 13.7. The quantitative estimate of drug-likeness (QED) is 0.768. The molecule has 2 nitrogen and oxygen atoms in total. The lowest BCUT2D eigenvalue weighted by Crippen LogP contribution is -2.04. The second kappa shape index (κ2) is 5.98. The molecule has 0 fully saturated rings. The van der Waals surface area contributed by atoms with Crippen LogP contribution in [0, 0.1) is 5.82 Å². The molecule has 2 aromatic carbocycles. The molecule has 0 saturated heterocycles. The second-order valence-electron chi connectivity index (χ2n) is 5.09. The zero-order chi connectivity index (χ0) is 14.8. The first-order valence-corrected chi connectivity index (χ1v) is 7.65. The fraction of sp³-hybridized carbons (Fsp3) is 0.235. The molecule has 4 heteroatoms. The molecule has 2 aromatic rings. The Labute approximate surface area is 131 Å². The van der Waals surface area contributed by atoms with Crippen molar-refractivity contribution in [3.63, 3.8) is 0 Å². The van der Waals surface area contributed by atoms with Crippen LogP contribution in [0.2, 0.25) is 0 Å². The van der Waals surface area contributed by atoms with Crippen LogP contribution in [-0.2, 0) is 12.8 Å². The molecule has 0 aliphatic carbocycles. The lowest BCUT2D eigenvalue weighted by molar-refractivity contribution is 0.0979. The van der Waals surface area contributed by atoms with Crippen molar-refractivity contribution in [2.24, 2.45) is 0 Å². The van der Waals surface area contributed by atoms with Crippen LogP contribution in [0.5, 0.6) is 5.75 Å². The number of fused-ring (bicyclic) bond motifs is 1. The van der Waals surface area contributed by atoms with E-state index < -0.39 is 5.82 Å². The van der Waals surface area contributed by atoms with Crippen molar-refractivity contribution in [2.45, 2.75) is 19.3 Å². The number of carbonyl (C=O) groups excluding carboxylic acids is 1. The van der Waals surface area contributed by atoms with E-state index in [1.54, 1.807) is 6.07 Å². The Morgan fingerprint density at radius 3 is 2.95 bits per heavy atom. The molecule has 0 radical (unpaired) electrons. The molecule has 3 rings (SSSR count). The number of ketones is 1. The summed E-state index contributed by atoms with van der Waals surface area (Å²) in [5.41, 5.74) is 2.42. The molecule has 0 N–H and O–H groups in total. The van der Waals surface area contributed by atoms with Crippen molar-refractivity contribution in [3.8, 4) is 5.75 Å². The molecule has 108 valence electrons. The predicted molar refractivity (Wildman–Crippen MR) is 82.4 cm³/mol. The number of hydrogen-bond acceptors (Lipinski definition) is 2. The lowest BCUT2D eigenvalue weighted by Gasteiger charge is -2.05. The number of aryl methyl sites for hydroxylation is 1. The Hall–Kier alpha value is -1.68. The first-order chi connectivity index (χ1) is 10.1. The smallest absolute Gasteiger partial charge is 0.166 e. The molecule has 1 heterocycles. The minimum absolute atomic E-state index is 0.147. The molecular formula is C17H14BrFO2. The summed E-state index contributed by atoms with van der Waals surface area (Å²) >= 11 is 3.26. The molecule has 21 heavy (non-hydrogen) atoms. The van der Waals surface area contributed by atoms with Gasteiger partial charge in [-0.25, -0.2) is 4.39 Å². The summed E-state index contributed by atoms with van der Waals surface area (Å²) in [7, 11) is 0. The first-order valence-electron chi connectivity index (χ1n) is 6.86. The third-order valence-electron chi connectivity index (χ3n) is 3.62. The van der Waals surface area contributed by atoms with Gasteiger partial charge < -0.3 is 4.74 Å². The zero-order valence-electron chi connectivity index (χ0n) is 11.4. The van der Waals surface area contributed by atoms with Crippen molar-refractivity contribution >= 4 is 21.7 Å². The molecule has 0 atom stereocenters. The fourth-order valence-electron chi connectivity index (χ4n) is 2.50. The molecule has 0 spiro atoms. The molecule has 0 unspecified atom stereocenters. The Morgan fingerprint density at radius 2 is 2.10 bits per heavy atom. The molecule has 0 aromatic heterocycles. The highest BCUT2D eigenvalue weighted by atomic mass is 79.9. The van der Waals surface area contributed by atoms with Gasteiger partial charge in [0.05, 0.1) is 12.2 Å². The van der Waals surface area contributed by atoms with E-state index in [1.165, 1.54) is 17.7 Å². The maximum Gasteiger partial charge on any atom is 0.166 e. The average molecular weight is 349 g/mol. The van der Waals surface area contributed by atoms with Crippen LogP contribution in [0.1, 0.15) is 27.9 Å². The standard InChI is InChI=1S/C17H14BrFO2/c18-13-3-4-15(19)14(10-13)16(20)5-1-11-2-6-17-12(9-11)7-8-21-17/h2-4,6,9-10H,1,5,7-8H2. The lowest BCUT2D eigenvalue weighted by atomic mass is 10.0. The Morgan fingerprint density at radius 1 is 1.24 bits per heavy atom. The number of Topliss-reactive ketones (excluding diaryl/α,β-unsaturated/α-hetero) is 1. The summed E-state index contributed by atoms with van der Waals surface area (Å²) in [5.74, 6) is 0.291. The molecule has 0 amide bonds. The summed E-state index contributed by atoms with van der Waals surface area (Å²) < 4.78 is 19.8. The molecule has 1 aliphatic rings. The molecular weight excluding hydrogens is 335 g/mol. The van der Waals surface area contributed by atoms with E-state index in [1.807, 2.05) is 12.1 Å². The van der Waals surface area contributed by atoms with E-state index in [0.717, 1.165) is 24.3 Å². The first kappa shape index (κ1) is 14.3. The summed E-state index contributed by atoms with van der Waals surface area (Å²) in [6.07, 6.45) is 1.82. The largest absolute Gasteiger partial charge is 0.493 e. The van der Waals surface area contributed by atoms with Crippen molar-refractivity contribution < 1.29 is 13.9 Å². The maximum absolute atomic E-state index is 13.7. The summed E-state index contributed by atoms with van der Waals surface area (Å²) in [6.45, 7) is 0.723. The van der Waals surface area contributed by atoms with E-state index in [9.17, 15) is 9.18 Å². The zero-order valence-corrected chi connectivity index (χ0v) is 13.0. The number of ether oxygens (including phenoxy) is 1. The van der Waals surface area contributed by atoms with Gasteiger partial charge in [-0.3, -0.25) is 4.79 Å². The van der Waals surface area contributed by atoms with Gasteiger partial charge in [-0.1, -0.05) is 28.1 Å². The minimum atomic E-state index is -0.467. The van der Waals surface area contributed by atoms with Crippen molar-refractivity contribution in [1.29, 1.82) is 0 Å². The van der Waals surface area contributed by atoms with E-state index in [0.29, 0.717) is 17.3 Å². The predicted octanol–water partition coefficient (Wildman–Crippen LogP) is 4.34. The number of halogens is 2. The van der Waals surface area contributed by atoms with Gasteiger partial charge in [-0.15, -0.1) is 0 Å². The second-order valence-corrected chi connectivity index (χ2v) is 6.00. The van der Waals surface area contributed by atoms with Gasteiger partial charge in [0.2, 0.25) is 0 Å². The summed E-state index contributed by atoms with van der Waals surface area (Å²) in [5, 5.41) is 0.